The summed E-state index contributed by atoms with van der Waals surface area (Å²) in [6.45, 7) is 0. The standard InChI is InChI=1S/C23H20N6O4S/c1-32-18-10-4-15(5-11-18)19-13-20(21-3-2-12-33-21)29(25-19)22(31)14-34-23-24-26-27-28(23)16-6-8-17(30)9-7-16/h2-12,20,30H,13-14H2,1H3/t20-/m1/s1. The maximum atomic E-state index is 13.2. The Morgan fingerprint density at radius 1 is 1.18 bits per heavy atom. The van der Waals surface area contributed by atoms with E-state index in [0.29, 0.717) is 23.0 Å². The van der Waals surface area contributed by atoms with Gasteiger partial charge in [0.05, 0.1) is 30.5 Å². The summed E-state index contributed by atoms with van der Waals surface area (Å²) < 4.78 is 12.3. The van der Waals surface area contributed by atoms with E-state index in [1.807, 2.05) is 30.3 Å². The minimum Gasteiger partial charge on any atom is -0.508 e. The van der Waals surface area contributed by atoms with E-state index in [1.54, 1.807) is 43.7 Å². The second kappa shape index (κ2) is 9.40. The van der Waals surface area contributed by atoms with Gasteiger partial charge in [-0.05, 0) is 76.7 Å². The highest BCUT2D eigenvalue weighted by molar-refractivity contribution is 7.99. The minimum atomic E-state index is -0.340. The van der Waals surface area contributed by atoms with Gasteiger partial charge in [-0.1, -0.05) is 11.8 Å². The molecule has 0 unspecified atom stereocenters. The average molecular weight is 477 g/mol. The van der Waals surface area contributed by atoms with Gasteiger partial charge in [0.25, 0.3) is 5.91 Å². The van der Waals surface area contributed by atoms with E-state index < -0.39 is 0 Å². The topological polar surface area (TPSA) is 119 Å². The predicted molar refractivity (Wildman–Crippen MR) is 124 cm³/mol. The Bertz CT molecular complexity index is 1300. The SMILES string of the molecule is COc1ccc(C2=NN(C(=O)CSc3nnnn3-c3ccc(O)cc3)[C@@H](c3ccco3)C2)cc1. The molecular weight excluding hydrogens is 456 g/mol. The van der Waals surface area contributed by atoms with E-state index in [9.17, 15) is 9.90 Å². The quantitative estimate of drug-likeness (QED) is 0.403. The fourth-order valence-corrected chi connectivity index (χ4v) is 4.36. The summed E-state index contributed by atoms with van der Waals surface area (Å²) in [7, 11) is 1.62. The number of aromatic hydroxyl groups is 1. The summed E-state index contributed by atoms with van der Waals surface area (Å²) in [5, 5.41) is 27.8. The van der Waals surface area contributed by atoms with Crippen LogP contribution in [0.1, 0.15) is 23.8 Å². The molecule has 0 bridgehead atoms. The average Bonchev–Trinajstić information content (AvgIpc) is 3.63. The van der Waals surface area contributed by atoms with Gasteiger partial charge in [-0.15, -0.1) is 5.10 Å². The second-order valence-electron chi connectivity index (χ2n) is 7.43. The van der Waals surface area contributed by atoms with Crippen molar-refractivity contribution in [3.8, 4) is 17.2 Å². The van der Waals surface area contributed by atoms with Crippen LogP contribution in [0.4, 0.5) is 0 Å². The lowest BCUT2D eigenvalue weighted by atomic mass is 10.0. The molecule has 2 aromatic carbocycles. The van der Waals surface area contributed by atoms with E-state index in [-0.39, 0.29) is 23.5 Å². The van der Waals surface area contributed by atoms with Gasteiger partial charge < -0.3 is 14.3 Å². The van der Waals surface area contributed by atoms with Crippen molar-refractivity contribution >= 4 is 23.4 Å². The summed E-state index contributed by atoms with van der Waals surface area (Å²) in [5.74, 6) is 1.44. The van der Waals surface area contributed by atoms with Gasteiger partial charge in [0, 0.05) is 6.42 Å². The van der Waals surface area contributed by atoms with Gasteiger partial charge >= 0.3 is 0 Å². The number of phenols is 1. The van der Waals surface area contributed by atoms with Crippen molar-refractivity contribution < 1.29 is 19.1 Å². The van der Waals surface area contributed by atoms with Crippen LogP contribution in [-0.2, 0) is 4.79 Å². The number of hydrogen-bond acceptors (Lipinski definition) is 9. The van der Waals surface area contributed by atoms with Crippen LogP contribution in [-0.4, -0.2) is 54.8 Å². The molecule has 0 saturated carbocycles. The first-order valence-electron chi connectivity index (χ1n) is 10.4. The van der Waals surface area contributed by atoms with Crippen LogP contribution in [0.5, 0.6) is 11.5 Å². The maximum absolute atomic E-state index is 13.2. The number of aromatic nitrogens is 4. The van der Waals surface area contributed by atoms with Crippen LogP contribution in [0.3, 0.4) is 0 Å². The predicted octanol–water partition coefficient (Wildman–Crippen LogP) is 3.44. The number of thioether (sulfide) groups is 1. The number of amides is 1. The molecule has 10 nitrogen and oxygen atoms in total. The molecule has 0 aliphatic carbocycles. The van der Waals surface area contributed by atoms with Gasteiger partial charge in [-0.25, -0.2) is 5.01 Å². The van der Waals surface area contributed by atoms with E-state index in [2.05, 4.69) is 20.6 Å². The third-order valence-electron chi connectivity index (χ3n) is 5.32. The summed E-state index contributed by atoms with van der Waals surface area (Å²) in [5.41, 5.74) is 2.38. The summed E-state index contributed by atoms with van der Waals surface area (Å²) in [6.07, 6.45) is 2.12. The van der Waals surface area contributed by atoms with Crippen LogP contribution in [0.2, 0.25) is 0 Å². The number of carbonyl (C=O) groups is 1. The van der Waals surface area contributed by atoms with Crippen molar-refractivity contribution in [1.82, 2.24) is 25.2 Å². The molecular formula is C23H20N6O4S. The van der Waals surface area contributed by atoms with E-state index in [0.717, 1.165) is 17.0 Å². The molecule has 1 aliphatic heterocycles. The van der Waals surface area contributed by atoms with Crippen molar-refractivity contribution in [3.63, 3.8) is 0 Å². The Kier molecular flexibility index (Phi) is 6.00. The van der Waals surface area contributed by atoms with Gasteiger partial charge in [0.15, 0.2) is 0 Å². The number of phenolic OH excluding ortho intramolecular Hbond substituents is 1. The van der Waals surface area contributed by atoms with E-state index in [4.69, 9.17) is 9.15 Å². The lowest BCUT2D eigenvalue weighted by molar-refractivity contribution is -0.130. The number of benzene rings is 2. The smallest absolute Gasteiger partial charge is 0.253 e. The molecule has 5 rings (SSSR count). The highest BCUT2D eigenvalue weighted by Gasteiger charge is 2.35. The van der Waals surface area contributed by atoms with E-state index in [1.165, 1.54) is 21.5 Å². The Morgan fingerprint density at radius 3 is 2.68 bits per heavy atom. The molecule has 2 aromatic heterocycles. The zero-order chi connectivity index (χ0) is 23.5. The van der Waals surface area contributed by atoms with Crippen LogP contribution in [0.15, 0.2) is 81.6 Å². The zero-order valence-corrected chi connectivity index (χ0v) is 18.9. The fraction of sp³-hybridized carbons (Fsp3) is 0.174. The first-order valence-corrected chi connectivity index (χ1v) is 11.4. The number of tetrazole rings is 1. The van der Waals surface area contributed by atoms with Crippen molar-refractivity contribution in [2.24, 2.45) is 5.10 Å². The molecule has 4 aromatic rings. The Morgan fingerprint density at radius 2 is 1.97 bits per heavy atom. The molecule has 0 fully saturated rings. The molecule has 0 saturated heterocycles. The van der Waals surface area contributed by atoms with Crippen molar-refractivity contribution in [3.05, 3.63) is 78.3 Å². The number of carbonyl (C=O) groups excluding carboxylic acids is 1. The highest BCUT2D eigenvalue weighted by atomic mass is 32.2. The highest BCUT2D eigenvalue weighted by Crippen LogP contribution is 2.34. The zero-order valence-electron chi connectivity index (χ0n) is 18.1. The third kappa shape index (κ3) is 4.37. The fourth-order valence-electron chi connectivity index (χ4n) is 3.62. The van der Waals surface area contributed by atoms with Gasteiger partial charge in [0.2, 0.25) is 5.16 Å². The Labute approximate surface area is 198 Å². The molecule has 0 radical (unpaired) electrons. The number of rotatable bonds is 7. The van der Waals surface area contributed by atoms with E-state index >= 15 is 0 Å². The summed E-state index contributed by atoms with van der Waals surface area (Å²) in [4.78, 5) is 13.2. The molecule has 1 atom stereocenters. The molecule has 1 amide bonds. The number of furan rings is 1. The lowest BCUT2D eigenvalue weighted by Crippen LogP contribution is -2.28. The molecule has 1 aliphatic rings. The van der Waals surface area contributed by atoms with Gasteiger partial charge in [0.1, 0.15) is 23.3 Å². The number of hydrogen-bond donors (Lipinski definition) is 1. The van der Waals surface area contributed by atoms with Crippen molar-refractivity contribution in [1.29, 1.82) is 0 Å². The van der Waals surface area contributed by atoms with Crippen molar-refractivity contribution in [2.75, 3.05) is 12.9 Å². The largest absolute Gasteiger partial charge is 0.508 e. The van der Waals surface area contributed by atoms with Crippen LogP contribution < -0.4 is 4.74 Å². The van der Waals surface area contributed by atoms with Gasteiger partial charge in [-0.3, -0.25) is 4.79 Å². The molecule has 1 N–H and O–H groups in total. The Hall–Kier alpha value is -4.12. The molecule has 34 heavy (non-hydrogen) atoms. The summed E-state index contributed by atoms with van der Waals surface area (Å²) in [6, 6.07) is 17.3. The second-order valence-corrected chi connectivity index (χ2v) is 8.37. The lowest BCUT2D eigenvalue weighted by Gasteiger charge is -2.19. The first kappa shape index (κ1) is 21.7. The normalized spacial score (nSPS) is 15.4. The maximum Gasteiger partial charge on any atom is 0.253 e. The van der Waals surface area contributed by atoms with Gasteiger partial charge in [-0.2, -0.15) is 9.78 Å². The number of methoxy groups -OCH3 is 1. The molecule has 172 valence electrons. The molecule has 0 spiro atoms. The molecule has 3 heterocycles. The number of ether oxygens (including phenoxy) is 1. The number of nitrogens with zero attached hydrogens (tertiary/aromatic N) is 6. The van der Waals surface area contributed by atoms with Crippen LogP contribution in [0.25, 0.3) is 5.69 Å². The minimum absolute atomic E-state index is 0.0784. The van der Waals surface area contributed by atoms with Crippen LogP contribution >= 0.6 is 11.8 Å². The first-order chi connectivity index (χ1) is 16.6. The monoisotopic (exact) mass is 476 g/mol. The van der Waals surface area contributed by atoms with Crippen LogP contribution in [0, 0.1) is 0 Å². The summed E-state index contributed by atoms with van der Waals surface area (Å²) >= 11 is 1.21. The molecule has 11 heteroatoms. The Balaban J connectivity index is 1.35. The van der Waals surface area contributed by atoms with Crippen molar-refractivity contribution in [2.45, 2.75) is 17.6 Å². The third-order valence-corrected chi connectivity index (χ3v) is 6.22. The number of hydrazone groups is 1.